The Morgan fingerprint density at radius 2 is 1.50 bits per heavy atom. The molecule has 0 nitrogen and oxygen atoms in total. The summed E-state index contributed by atoms with van der Waals surface area (Å²) in [5, 5.41) is 4.14. The number of hydrogen-bond acceptors (Lipinski definition) is 2. The molecule has 62 valence electrons. The van der Waals surface area contributed by atoms with Crippen molar-refractivity contribution in [2.75, 3.05) is 0 Å². The van der Waals surface area contributed by atoms with Gasteiger partial charge in [0, 0.05) is 9.24 Å². The SMILES string of the molecule is ClP(c1cccs1)c1cccs1. The van der Waals surface area contributed by atoms with Crippen LogP contribution >= 0.6 is 41.2 Å². The van der Waals surface area contributed by atoms with Crippen molar-refractivity contribution in [1.29, 1.82) is 0 Å². The first-order chi connectivity index (χ1) is 5.88. The van der Waals surface area contributed by atoms with E-state index in [4.69, 9.17) is 11.2 Å². The van der Waals surface area contributed by atoms with Crippen LogP contribution in [0.3, 0.4) is 0 Å². The predicted octanol–water partition coefficient (Wildman–Crippen LogP) is 3.40. The highest BCUT2D eigenvalue weighted by Gasteiger charge is 2.11. The first-order valence-corrected chi connectivity index (χ1v) is 7.41. The zero-order valence-electron chi connectivity index (χ0n) is 6.11. The summed E-state index contributed by atoms with van der Waals surface area (Å²) in [6, 6.07) is 8.29. The minimum absolute atomic E-state index is 0.587. The van der Waals surface area contributed by atoms with Gasteiger partial charge in [-0.25, -0.2) is 0 Å². The second-order valence-corrected chi connectivity index (χ2v) is 7.22. The molecule has 0 unspecified atom stereocenters. The molecular formula is C8H6ClPS2. The van der Waals surface area contributed by atoms with E-state index in [1.54, 1.807) is 22.7 Å². The minimum atomic E-state index is -0.587. The molecule has 0 aromatic carbocycles. The molecule has 0 aliphatic carbocycles. The first-order valence-electron chi connectivity index (χ1n) is 3.41. The maximum absolute atomic E-state index is 6.30. The summed E-state index contributed by atoms with van der Waals surface area (Å²) < 4.78 is 2.57. The van der Waals surface area contributed by atoms with Gasteiger partial charge in [-0.1, -0.05) is 23.4 Å². The van der Waals surface area contributed by atoms with Crippen LogP contribution in [0, 0.1) is 0 Å². The van der Waals surface area contributed by atoms with Crippen LogP contribution in [-0.4, -0.2) is 0 Å². The van der Waals surface area contributed by atoms with Crippen molar-refractivity contribution < 1.29 is 0 Å². The molecule has 0 spiro atoms. The molecule has 0 bridgehead atoms. The predicted molar refractivity (Wildman–Crippen MR) is 60.7 cm³/mol. The smallest absolute Gasteiger partial charge is 0.0728 e. The van der Waals surface area contributed by atoms with E-state index in [1.807, 2.05) is 12.1 Å². The van der Waals surface area contributed by atoms with Crippen molar-refractivity contribution >= 4 is 50.4 Å². The van der Waals surface area contributed by atoms with Gasteiger partial charge in [-0.15, -0.1) is 22.7 Å². The Morgan fingerprint density at radius 3 is 1.83 bits per heavy atom. The summed E-state index contributed by atoms with van der Waals surface area (Å²) in [6.07, 6.45) is 0. The molecule has 0 aliphatic rings. The molecule has 0 radical (unpaired) electrons. The van der Waals surface area contributed by atoms with E-state index >= 15 is 0 Å². The van der Waals surface area contributed by atoms with Gasteiger partial charge in [0.2, 0.25) is 0 Å². The Hall–Kier alpha value is 0.120. The monoisotopic (exact) mass is 232 g/mol. The van der Waals surface area contributed by atoms with Crippen LogP contribution < -0.4 is 9.24 Å². The van der Waals surface area contributed by atoms with Gasteiger partial charge in [-0.2, -0.15) is 0 Å². The minimum Gasteiger partial charge on any atom is -0.142 e. The lowest BCUT2D eigenvalue weighted by Crippen LogP contribution is -1.98. The lowest BCUT2D eigenvalue weighted by Gasteiger charge is -2.01. The summed E-state index contributed by atoms with van der Waals surface area (Å²) in [6.45, 7) is 0. The van der Waals surface area contributed by atoms with E-state index in [0.29, 0.717) is 0 Å². The molecule has 2 aromatic heterocycles. The highest BCUT2D eigenvalue weighted by atomic mass is 35.7. The van der Waals surface area contributed by atoms with Gasteiger partial charge in [-0.3, -0.25) is 0 Å². The maximum atomic E-state index is 6.30. The van der Waals surface area contributed by atoms with Crippen LogP contribution in [0.5, 0.6) is 0 Å². The lowest BCUT2D eigenvalue weighted by molar-refractivity contribution is 2.06. The molecule has 0 saturated heterocycles. The number of halogens is 1. The molecule has 0 aliphatic heterocycles. The fourth-order valence-electron chi connectivity index (χ4n) is 0.872. The van der Waals surface area contributed by atoms with Crippen molar-refractivity contribution in [1.82, 2.24) is 0 Å². The van der Waals surface area contributed by atoms with Gasteiger partial charge < -0.3 is 0 Å². The Kier molecular flexibility index (Phi) is 2.82. The Morgan fingerprint density at radius 1 is 1.00 bits per heavy atom. The standard InChI is InChI=1S/C8H6ClPS2/c9-10(7-3-1-5-11-7)8-4-2-6-12-8/h1-6H. The zero-order valence-corrected chi connectivity index (χ0v) is 9.39. The van der Waals surface area contributed by atoms with E-state index in [9.17, 15) is 0 Å². The third kappa shape index (κ3) is 1.72. The van der Waals surface area contributed by atoms with Crippen molar-refractivity contribution in [3.63, 3.8) is 0 Å². The quantitative estimate of drug-likeness (QED) is 0.697. The van der Waals surface area contributed by atoms with Crippen molar-refractivity contribution in [2.45, 2.75) is 0 Å². The van der Waals surface area contributed by atoms with Gasteiger partial charge >= 0.3 is 0 Å². The Balaban J connectivity index is 2.27. The van der Waals surface area contributed by atoms with Gasteiger partial charge in [0.05, 0.1) is 7.27 Å². The van der Waals surface area contributed by atoms with Gasteiger partial charge in [0.15, 0.2) is 0 Å². The third-order valence-corrected chi connectivity index (χ3v) is 7.23. The molecule has 2 heterocycles. The average Bonchev–Trinajstić information content (AvgIpc) is 2.77. The molecule has 0 atom stereocenters. The van der Waals surface area contributed by atoms with Crippen LogP contribution in [0.2, 0.25) is 0 Å². The molecule has 0 N–H and O–H groups in total. The molecule has 0 fully saturated rings. The molecule has 2 rings (SSSR count). The van der Waals surface area contributed by atoms with Gasteiger partial charge in [0.25, 0.3) is 0 Å². The van der Waals surface area contributed by atoms with Crippen LogP contribution in [0.1, 0.15) is 0 Å². The number of hydrogen-bond donors (Lipinski definition) is 0. The fourth-order valence-corrected chi connectivity index (χ4v) is 5.35. The average molecular weight is 233 g/mol. The summed E-state index contributed by atoms with van der Waals surface area (Å²) in [5.74, 6) is 0. The fraction of sp³-hybridized carbons (Fsp3) is 0. The normalized spacial score (nSPS) is 10.8. The largest absolute Gasteiger partial charge is 0.142 e. The van der Waals surface area contributed by atoms with E-state index in [2.05, 4.69) is 22.9 Å². The second-order valence-electron chi connectivity index (χ2n) is 2.18. The van der Waals surface area contributed by atoms with Crippen LogP contribution in [0.25, 0.3) is 0 Å². The van der Waals surface area contributed by atoms with E-state index in [-0.39, 0.29) is 0 Å². The van der Waals surface area contributed by atoms with Crippen molar-refractivity contribution in [3.8, 4) is 0 Å². The molecule has 0 saturated carbocycles. The molecule has 0 amide bonds. The molecule has 2 aromatic rings. The number of thiophene rings is 2. The Labute approximate surface area is 85.4 Å². The van der Waals surface area contributed by atoms with E-state index < -0.39 is 7.27 Å². The van der Waals surface area contributed by atoms with Crippen LogP contribution in [0.15, 0.2) is 35.0 Å². The second kappa shape index (κ2) is 3.89. The van der Waals surface area contributed by atoms with E-state index in [0.717, 1.165) is 0 Å². The molecule has 12 heavy (non-hydrogen) atoms. The van der Waals surface area contributed by atoms with Gasteiger partial charge in [0.1, 0.15) is 0 Å². The topological polar surface area (TPSA) is 0 Å². The molecule has 4 heteroatoms. The summed E-state index contributed by atoms with van der Waals surface area (Å²) in [7, 11) is -0.587. The summed E-state index contributed by atoms with van der Waals surface area (Å²) >= 11 is 9.77. The van der Waals surface area contributed by atoms with Crippen molar-refractivity contribution in [3.05, 3.63) is 35.0 Å². The summed E-state index contributed by atoms with van der Waals surface area (Å²) in [4.78, 5) is 0. The number of rotatable bonds is 2. The van der Waals surface area contributed by atoms with Crippen molar-refractivity contribution in [2.24, 2.45) is 0 Å². The van der Waals surface area contributed by atoms with Crippen LogP contribution in [-0.2, 0) is 0 Å². The summed E-state index contributed by atoms with van der Waals surface area (Å²) in [5.41, 5.74) is 0. The zero-order chi connectivity index (χ0) is 8.39. The van der Waals surface area contributed by atoms with Gasteiger partial charge in [-0.05, 0) is 22.9 Å². The first kappa shape index (κ1) is 8.71. The lowest BCUT2D eigenvalue weighted by atomic mass is 10.7. The maximum Gasteiger partial charge on any atom is 0.0728 e. The highest BCUT2D eigenvalue weighted by molar-refractivity contribution is 8.01. The molecular weight excluding hydrogens is 227 g/mol. The third-order valence-electron chi connectivity index (χ3n) is 1.40. The van der Waals surface area contributed by atoms with Crippen LogP contribution in [0.4, 0.5) is 0 Å². The Bertz CT molecular complexity index is 294. The highest BCUT2D eigenvalue weighted by Crippen LogP contribution is 2.41. The van der Waals surface area contributed by atoms with E-state index in [1.165, 1.54) is 9.24 Å².